The van der Waals surface area contributed by atoms with Gasteiger partial charge in [-0.1, -0.05) is 18.2 Å². The summed E-state index contributed by atoms with van der Waals surface area (Å²) in [5.41, 5.74) is 2.29. The van der Waals surface area contributed by atoms with Crippen molar-refractivity contribution >= 4 is 23.0 Å². The van der Waals surface area contributed by atoms with Crippen molar-refractivity contribution in [3.63, 3.8) is 0 Å². The van der Waals surface area contributed by atoms with E-state index < -0.39 is 10.9 Å². The van der Waals surface area contributed by atoms with E-state index in [-0.39, 0.29) is 12.3 Å². The molecule has 126 valence electrons. The second kappa shape index (κ2) is 7.23. The van der Waals surface area contributed by atoms with Crippen LogP contribution in [0.4, 0.5) is 5.69 Å². The van der Waals surface area contributed by atoms with Crippen molar-refractivity contribution in [2.45, 2.75) is 13.5 Å². The number of benzene rings is 1. The minimum atomic E-state index is -0.505. The van der Waals surface area contributed by atoms with Crippen molar-refractivity contribution in [3.05, 3.63) is 80.8 Å². The van der Waals surface area contributed by atoms with E-state index in [4.69, 9.17) is 4.74 Å². The molecule has 7 heteroatoms. The van der Waals surface area contributed by atoms with Crippen molar-refractivity contribution in [1.82, 2.24) is 4.98 Å². The van der Waals surface area contributed by atoms with Gasteiger partial charge in [0, 0.05) is 12.1 Å². The summed E-state index contributed by atoms with van der Waals surface area (Å²) in [4.78, 5) is 28.0. The Hall–Kier alpha value is -3.06. The molecule has 0 radical (unpaired) electrons. The third-order valence-corrected chi connectivity index (χ3v) is 4.46. The molecule has 0 spiro atoms. The van der Waals surface area contributed by atoms with E-state index in [1.165, 1.54) is 12.1 Å². The molecule has 0 bridgehead atoms. The van der Waals surface area contributed by atoms with Crippen LogP contribution in [0.5, 0.6) is 0 Å². The molecule has 3 rings (SSSR count). The molecule has 1 aromatic carbocycles. The highest BCUT2D eigenvalue weighted by Gasteiger charge is 2.14. The second-order valence-electron chi connectivity index (χ2n) is 5.31. The van der Waals surface area contributed by atoms with Crippen molar-refractivity contribution in [2.24, 2.45) is 0 Å². The van der Waals surface area contributed by atoms with E-state index in [0.717, 1.165) is 10.6 Å². The van der Waals surface area contributed by atoms with Crippen LogP contribution >= 0.6 is 11.3 Å². The molecule has 0 saturated carbocycles. The monoisotopic (exact) mass is 354 g/mol. The van der Waals surface area contributed by atoms with E-state index in [2.05, 4.69) is 4.98 Å². The Labute approximate surface area is 147 Å². The van der Waals surface area contributed by atoms with Crippen molar-refractivity contribution in [3.8, 4) is 10.6 Å². The molecule has 0 aliphatic rings. The van der Waals surface area contributed by atoms with Gasteiger partial charge in [0.2, 0.25) is 0 Å². The Balaban J connectivity index is 1.71. The molecule has 0 aliphatic heterocycles. The lowest BCUT2D eigenvalue weighted by Gasteiger charge is -2.08. The van der Waals surface area contributed by atoms with Crippen LogP contribution in [0.3, 0.4) is 0 Å². The number of rotatable bonds is 5. The number of nitro benzene ring substituents is 1. The molecule has 6 nitrogen and oxygen atoms in total. The molecule has 2 heterocycles. The molecule has 0 saturated heterocycles. The lowest BCUT2D eigenvalue weighted by atomic mass is 10.1. The first-order valence-corrected chi connectivity index (χ1v) is 8.34. The summed E-state index contributed by atoms with van der Waals surface area (Å²) in [7, 11) is 0. The Morgan fingerprint density at radius 2 is 2.08 bits per heavy atom. The van der Waals surface area contributed by atoms with Crippen molar-refractivity contribution in [1.29, 1.82) is 0 Å². The highest BCUT2D eigenvalue weighted by Crippen LogP contribution is 2.24. The van der Waals surface area contributed by atoms with E-state index in [9.17, 15) is 14.9 Å². The first-order chi connectivity index (χ1) is 12.0. The van der Waals surface area contributed by atoms with Crippen molar-refractivity contribution in [2.75, 3.05) is 0 Å². The van der Waals surface area contributed by atoms with Crippen LogP contribution in [0, 0.1) is 17.0 Å². The van der Waals surface area contributed by atoms with Crippen LogP contribution in [0.15, 0.2) is 53.9 Å². The summed E-state index contributed by atoms with van der Waals surface area (Å²) in [5, 5.41) is 12.7. The quantitative estimate of drug-likeness (QED) is 0.386. The highest BCUT2D eigenvalue weighted by molar-refractivity contribution is 7.13. The number of thiophene rings is 1. The zero-order valence-electron chi connectivity index (χ0n) is 13.3. The van der Waals surface area contributed by atoms with Crippen LogP contribution < -0.4 is 0 Å². The number of esters is 1. The normalized spacial score (nSPS) is 10.4. The van der Waals surface area contributed by atoms with Gasteiger partial charge in [0.05, 0.1) is 26.8 Å². The van der Waals surface area contributed by atoms with Crippen LogP contribution in [0.2, 0.25) is 0 Å². The van der Waals surface area contributed by atoms with Gasteiger partial charge in [-0.25, -0.2) is 4.79 Å². The standard InChI is InChI=1S/C18H14N2O4S/c1-12-15(7-8-16(19-12)17-6-3-9-25-17)18(21)24-11-13-4-2-5-14(10-13)20(22)23/h2-10H,11H2,1H3. The fourth-order valence-corrected chi connectivity index (χ4v) is 3.02. The highest BCUT2D eigenvalue weighted by atomic mass is 32.1. The predicted octanol–water partition coefficient (Wildman–Crippen LogP) is 4.38. The zero-order valence-corrected chi connectivity index (χ0v) is 14.2. The Kier molecular flexibility index (Phi) is 4.85. The number of hydrogen-bond acceptors (Lipinski definition) is 6. The minimum Gasteiger partial charge on any atom is -0.457 e. The fraction of sp³-hybridized carbons (Fsp3) is 0.111. The Morgan fingerprint density at radius 3 is 2.76 bits per heavy atom. The number of carbonyl (C=O) groups is 1. The number of non-ortho nitro benzene ring substituents is 1. The molecular weight excluding hydrogens is 340 g/mol. The maximum atomic E-state index is 12.3. The fourth-order valence-electron chi connectivity index (χ4n) is 2.32. The molecule has 0 N–H and O–H groups in total. The number of aryl methyl sites for hydroxylation is 1. The average Bonchev–Trinajstić information content (AvgIpc) is 3.14. The van der Waals surface area contributed by atoms with E-state index >= 15 is 0 Å². The maximum absolute atomic E-state index is 12.3. The summed E-state index contributed by atoms with van der Waals surface area (Å²) in [6.07, 6.45) is 0. The van der Waals surface area contributed by atoms with E-state index in [1.54, 1.807) is 42.5 Å². The third-order valence-electron chi connectivity index (χ3n) is 3.57. The van der Waals surface area contributed by atoms with Crippen LogP contribution in [-0.4, -0.2) is 15.9 Å². The topological polar surface area (TPSA) is 82.3 Å². The largest absolute Gasteiger partial charge is 0.457 e. The average molecular weight is 354 g/mol. The van der Waals surface area contributed by atoms with Crippen LogP contribution in [0.1, 0.15) is 21.6 Å². The number of nitro groups is 1. The summed E-state index contributed by atoms with van der Waals surface area (Å²) in [6.45, 7) is 1.72. The van der Waals surface area contributed by atoms with Gasteiger partial charge in [-0.3, -0.25) is 15.1 Å². The molecule has 0 amide bonds. The van der Waals surface area contributed by atoms with Gasteiger partial charge in [-0.2, -0.15) is 0 Å². The summed E-state index contributed by atoms with van der Waals surface area (Å²) >= 11 is 1.58. The van der Waals surface area contributed by atoms with Crippen LogP contribution in [0.25, 0.3) is 10.6 Å². The van der Waals surface area contributed by atoms with E-state index in [0.29, 0.717) is 16.8 Å². The molecule has 25 heavy (non-hydrogen) atoms. The van der Waals surface area contributed by atoms with Gasteiger partial charge in [0.25, 0.3) is 5.69 Å². The Morgan fingerprint density at radius 1 is 1.24 bits per heavy atom. The third kappa shape index (κ3) is 3.89. The first kappa shape index (κ1) is 16.8. The number of carbonyl (C=O) groups excluding carboxylic acids is 1. The Bertz CT molecular complexity index is 923. The number of ether oxygens (including phenoxy) is 1. The number of aromatic nitrogens is 1. The number of pyridine rings is 1. The number of hydrogen-bond donors (Lipinski definition) is 0. The second-order valence-corrected chi connectivity index (χ2v) is 6.26. The van der Waals surface area contributed by atoms with Gasteiger partial charge < -0.3 is 4.74 Å². The van der Waals surface area contributed by atoms with Gasteiger partial charge >= 0.3 is 5.97 Å². The summed E-state index contributed by atoms with van der Waals surface area (Å²) in [5.74, 6) is -0.505. The zero-order chi connectivity index (χ0) is 17.8. The van der Waals surface area contributed by atoms with Gasteiger partial charge in [-0.15, -0.1) is 11.3 Å². The summed E-state index contributed by atoms with van der Waals surface area (Å²) < 4.78 is 5.26. The van der Waals surface area contributed by atoms with Gasteiger partial charge in [-0.05, 0) is 36.1 Å². The molecule has 0 aliphatic carbocycles. The summed E-state index contributed by atoms with van der Waals surface area (Å²) in [6, 6.07) is 13.4. The first-order valence-electron chi connectivity index (χ1n) is 7.46. The van der Waals surface area contributed by atoms with Gasteiger partial charge in [0.15, 0.2) is 0 Å². The lowest BCUT2D eigenvalue weighted by Crippen LogP contribution is -2.08. The molecular formula is C18H14N2O4S. The van der Waals surface area contributed by atoms with E-state index in [1.807, 2.05) is 17.5 Å². The minimum absolute atomic E-state index is 0.0351. The lowest BCUT2D eigenvalue weighted by molar-refractivity contribution is -0.384. The van der Waals surface area contributed by atoms with Crippen LogP contribution in [-0.2, 0) is 11.3 Å². The predicted molar refractivity (Wildman–Crippen MR) is 94.5 cm³/mol. The molecule has 0 atom stereocenters. The molecule has 0 unspecified atom stereocenters. The molecule has 3 aromatic rings. The SMILES string of the molecule is Cc1nc(-c2cccs2)ccc1C(=O)OCc1cccc([N+](=O)[O-])c1. The number of nitrogens with zero attached hydrogens (tertiary/aromatic N) is 2. The maximum Gasteiger partial charge on any atom is 0.340 e. The smallest absolute Gasteiger partial charge is 0.340 e. The van der Waals surface area contributed by atoms with Crippen molar-refractivity contribution < 1.29 is 14.5 Å². The molecule has 0 fully saturated rings. The van der Waals surface area contributed by atoms with Gasteiger partial charge in [0.1, 0.15) is 6.61 Å². The molecule has 2 aromatic heterocycles.